The van der Waals surface area contributed by atoms with Crippen molar-refractivity contribution in [2.75, 3.05) is 4.72 Å². The van der Waals surface area contributed by atoms with Gasteiger partial charge in [-0.05, 0) is 26.0 Å². The minimum absolute atomic E-state index is 0.00534. The van der Waals surface area contributed by atoms with Crippen molar-refractivity contribution in [3.05, 3.63) is 37.9 Å². The zero-order valence-electron chi connectivity index (χ0n) is 10.4. The third kappa shape index (κ3) is 2.95. The molecular weight excluding hydrogens is 391 g/mol. The minimum Gasteiger partial charge on any atom is -0.337 e. The van der Waals surface area contributed by atoms with Crippen molar-refractivity contribution in [2.45, 2.75) is 18.7 Å². The lowest BCUT2D eigenvalue weighted by atomic mass is 10.3. The van der Waals surface area contributed by atoms with Gasteiger partial charge in [-0.1, -0.05) is 44.3 Å². The van der Waals surface area contributed by atoms with Gasteiger partial charge in [0.25, 0.3) is 10.0 Å². The largest absolute Gasteiger partial charge is 0.337 e. The Balaban J connectivity index is 2.49. The summed E-state index contributed by atoms with van der Waals surface area (Å²) >= 11 is 15.1. The number of anilines is 1. The molecule has 0 aliphatic carbocycles. The maximum Gasteiger partial charge on any atom is 0.267 e. The van der Waals surface area contributed by atoms with E-state index in [1.54, 1.807) is 13.8 Å². The lowest BCUT2D eigenvalue weighted by Crippen LogP contribution is -2.14. The lowest BCUT2D eigenvalue weighted by molar-refractivity contribution is 0.430. The van der Waals surface area contributed by atoms with E-state index in [0.29, 0.717) is 15.7 Å². The maximum atomic E-state index is 12.3. The van der Waals surface area contributed by atoms with Crippen LogP contribution < -0.4 is 4.72 Å². The smallest absolute Gasteiger partial charge is 0.267 e. The van der Waals surface area contributed by atoms with Crippen LogP contribution in [0.1, 0.15) is 11.3 Å². The van der Waals surface area contributed by atoms with Crippen LogP contribution in [-0.4, -0.2) is 13.6 Å². The van der Waals surface area contributed by atoms with E-state index in [-0.39, 0.29) is 20.8 Å². The van der Waals surface area contributed by atoms with Crippen LogP contribution in [0.25, 0.3) is 0 Å². The van der Waals surface area contributed by atoms with E-state index >= 15 is 0 Å². The molecule has 2 aromatic rings. The Morgan fingerprint density at radius 1 is 1.25 bits per heavy atom. The van der Waals surface area contributed by atoms with Gasteiger partial charge in [0.05, 0.1) is 15.7 Å². The average Bonchev–Trinajstić information content (AvgIpc) is 2.58. The maximum absolute atomic E-state index is 12.3. The molecule has 20 heavy (non-hydrogen) atoms. The van der Waals surface area contributed by atoms with Crippen LogP contribution in [0.4, 0.5) is 5.88 Å². The van der Waals surface area contributed by atoms with Gasteiger partial charge >= 0.3 is 0 Å². The van der Waals surface area contributed by atoms with Gasteiger partial charge in [0, 0.05) is 10.0 Å². The molecule has 2 rings (SSSR count). The molecule has 0 atom stereocenters. The van der Waals surface area contributed by atoms with Crippen molar-refractivity contribution in [3.8, 4) is 0 Å². The monoisotopic (exact) mass is 398 g/mol. The Morgan fingerprint density at radius 2 is 1.80 bits per heavy atom. The zero-order chi connectivity index (χ0) is 15.1. The first-order valence-electron chi connectivity index (χ1n) is 5.32. The molecule has 0 spiro atoms. The Labute approximate surface area is 134 Å². The molecule has 0 saturated heterocycles. The highest BCUT2D eigenvalue weighted by molar-refractivity contribution is 9.10. The highest BCUT2D eigenvalue weighted by Crippen LogP contribution is 2.34. The number of hydrogen-bond donors (Lipinski definition) is 1. The summed E-state index contributed by atoms with van der Waals surface area (Å²) in [5, 5.41) is 3.69. The first kappa shape index (κ1) is 15.6. The van der Waals surface area contributed by atoms with E-state index < -0.39 is 10.0 Å². The second-order valence-corrected chi connectivity index (χ2v) is 7.38. The fourth-order valence-electron chi connectivity index (χ4n) is 1.47. The minimum atomic E-state index is -3.97. The molecule has 0 aliphatic rings. The fraction of sp³-hybridized carbons (Fsp3) is 0.182. The van der Waals surface area contributed by atoms with E-state index in [1.165, 1.54) is 12.1 Å². The van der Waals surface area contributed by atoms with Crippen molar-refractivity contribution in [1.82, 2.24) is 5.16 Å². The summed E-state index contributed by atoms with van der Waals surface area (Å²) in [4.78, 5) is -0.211. The van der Waals surface area contributed by atoms with Crippen LogP contribution in [0.5, 0.6) is 0 Å². The molecule has 1 aromatic heterocycles. The normalized spacial score (nSPS) is 11.7. The lowest BCUT2D eigenvalue weighted by Gasteiger charge is -2.09. The third-order valence-corrected chi connectivity index (χ3v) is 5.33. The van der Waals surface area contributed by atoms with Gasteiger partial charge in [0.1, 0.15) is 4.90 Å². The molecule has 0 unspecified atom stereocenters. The first-order chi connectivity index (χ1) is 9.22. The van der Waals surface area contributed by atoms with Crippen molar-refractivity contribution in [3.63, 3.8) is 0 Å². The number of benzene rings is 1. The Bertz CT molecular complexity index is 751. The summed E-state index contributed by atoms with van der Waals surface area (Å²) < 4.78 is 32.5. The van der Waals surface area contributed by atoms with Crippen LogP contribution in [0, 0.1) is 13.8 Å². The summed E-state index contributed by atoms with van der Waals surface area (Å²) in [7, 11) is -3.97. The Hall–Kier alpha value is -0.760. The van der Waals surface area contributed by atoms with Gasteiger partial charge in [-0.3, -0.25) is 0 Å². The summed E-state index contributed by atoms with van der Waals surface area (Å²) in [5.74, 6) is 0.0394. The van der Waals surface area contributed by atoms with Gasteiger partial charge < -0.3 is 4.52 Å². The van der Waals surface area contributed by atoms with E-state index in [9.17, 15) is 8.42 Å². The van der Waals surface area contributed by atoms with Crippen molar-refractivity contribution in [2.24, 2.45) is 0 Å². The fourth-order valence-corrected chi connectivity index (χ4v) is 4.45. The van der Waals surface area contributed by atoms with Crippen LogP contribution in [-0.2, 0) is 10.0 Å². The number of rotatable bonds is 3. The number of sulfonamides is 1. The Kier molecular flexibility index (Phi) is 4.34. The molecule has 5 nitrogen and oxygen atoms in total. The standard InChI is InChI=1S/C11H9BrCl2N2O3S/c1-5-6(2)15-19-11(5)16-20(17,18)10-8(13)3-7(12)4-9(10)14/h3-4,16H,1-2H3. The van der Waals surface area contributed by atoms with E-state index in [4.69, 9.17) is 27.7 Å². The van der Waals surface area contributed by atoms with Crippen molar-refractivity contribution < 1.29 is 12.9 Å². The van der Waals surface area contributed by atoms with Crippen LogP contribution >= 0.6 is 39.1 Å². The number of aromatic nitrogens is 1. The zero-order valence-corrected chi connectivity index (χ0v) is 14.3. The van der Waals surface area contributed by atoms with Crippen molar-refractivity contribution in [1.29, 1.82) is 0 Å². The molecule has 0 amide bonds. The summed E-state index contributed by atoms with van der Waals surface area (Å²) in [6, 6.07) is 2.89. The van der Waals surface area contributed by atoms with Gasteiger partial charge in [-0.25, -0.2) is 13.1 Å². The molecular formula is C11H9BrCl2N2O3S. The van der Waals surface area contributed by atoms with E-state index in [0.717, 1.165) is 0 Å². The van der Waals surface area contributed by atoms with Crippen molar-refractivity contribution >= 4 is 55.0 Å². The number of halogens is 3. The van der Waals surface area contributed by atoms with E-state index in [1.807, 2.05) is 0 Å². The van der Waals surface area contributed by atoms with Crippen LogP contribution in [0.2, 0.25) is 10.0 Å². The number of hydrogen-bond acceptors (Lipinski definition) is 4. The summed E-state index contributed by atoms with van der Waals surface area (Å²) in [6.45, 7) is 3.39. The second-order valence-electron chi connectivity index (χ2n) is 4.03. The topological polar surface area (TPSA) is 72.2 Å². The van der Waals surface area contributed by atoms with Gasteiger partial charge in [-0.15, -0.1) is 0 Å². The highest BCUT2D eigenvalue weighted by Gasteiger charge is 2.25. The molecule has 1 heterocycles. The van der Waals surface area contributed by atoms with Gasteiger partial charge in [0.15, 0.2) is 0 Å². The first-order valence-corrected chi connectivity index (χ1v) is 8.36. The average molecular weight is 400 g/mol. The molecule has 0 fully saturated rings. The highest BCUT2D eigenvalue weighted by atomic mass is 79.9. The van der Waals surface area contributed by atoms with Crippen LogP contribution in [0.15, 0.2) is 26.0 Å². The SMILES string of the molecule is Cc1noc(NS(=O)(=O)c2c(Cl)cc(Br)cc2Cl)c1C. The van der Waals surface area contributed by atoms with Gasteiger partial charge in [0.2, 0.25) is 5.88 Å². The number of nitrogens with one attached hydrogen (secondary N) is 1. The number of aryl methyl sites for hydroxylation is 1. The molecule has 0 aliphatic heterocycles. The van der Waals surface area contributed by atoms with E-state index in [2.05, 4.69) is 25.8 Å². The summed E-state index contributed by atoms with van der Waals surface area (Å²) in [6.07, 6.45) is 0. The van der Waals surface area contributed by atoms with Gasteiger partial charge in [-0.2, -0.15) is 0 Å². The molecule has 0 bridgehead atoms. The molecule has 0 radical (unpaired) electrons. The molecule has 1 N–H and O–H groups in total. The third-order valence-electron chi connectivity index (χ3n) is 2.62. The second kappa shape index (κ2) is 5.55. The summed E-state index contributed by atoms with van der Waals surface area (Å²) in [5.41, 5.74) is 1.19. The molecule has 0 saturated carbocycles. The molecule has 108 valence electrons. The predicted octanol–water partition coefficient (Wildman–Crippen LogP) is 4.16. The quantitative estimate of drug-likeness (QED) is 0.840. The predicted molar refractivity (Wildman–Crippen MR) is 80.9 cm³/mol. The number of nitrogens with zero attached hydrogens (tertiary/aromatic N) is 1. The molecule has 9 heteroatoms. The molecule has 1 aromatic carbocycles. The van der Waals surface area contributed by atoms with Crippen LogP contribution in [0.3, 0.4) is 0 Å². The Morgan fingerprint density at radius 3 is 2.25 bits per heavy atom.